The van der Waals surface area contributed by atoms with Gasteiger partial charge in [0.25, 0.3) is 5.78 Å². The molecule has 0 aliphatic carbocycles. The van der Waals surface area contributed by atoms with Crippen LogP contribution >= 0.6 is 11.6 Å². The Kier molecular flexibility index (Phi) is 5.24. The SMILES string of the molecule is CCOC(=O)C(=O)c1ccc2c(Cl)nn(Cc3c(C)cccc3C#N)c2c1. The van der Waals surface area contributed by atoms with E-state index in [0.29, 0.717) is 23.0 Å². The highest BCUT2D eigenvalue weighted by molar-refractivity contribution is 6.41. The van der Waals surface area contributed by atoms with Crippen molar-refractivity contribution in [2.75, 3.05) is 6.61 Å². The lowest BCUT2D eigenvalue weighted by atomic mass is 10.0. The highest BCUT2D eigenvalue weighted by atomic mass is 35.5. The Labute approximate surface area is 160 Å². The molecule has 0 aliphatic heterocycles. The van der Waals surface area contributed by atoms with Gasteiger partial charge in [-0.25, -0.2) is 4.79 Å². The highest BCUT2D eigenvalue weighted by Crippen LogP contribution is 2.26. The van der Waals surface area contributed by atoms with Gasteiger partial charge in [-0.15, -0.1) is 0 Å². The van der Waals surface area contributed by atoms with Gasteiger partial charge >= 0.3 is 5.97 Å². The Morgan fingerprint density at radius 2 is 2.07 bits per heavy atom. The van der Waals surface area contributed by atoms with Gasteiger partial charge in [-0.3, -0.25) is 9.48 Å². The van der Waals surface area contributed by atoms with E-state index in [4.69, 9.17) is 16.3 Å². The van der Waals surface area contributed by atoms with Gasteiger partial charge in [-0.2, -0.15) is 10.4 Å². The largest absolute Gasteiger partial charge is 0.460 e. The molecule has 0 fully saturated rings. The predicted molar refractivity (Wildman–Crippen MR) is 101 cm³/mol. The maximum atomic E-state index is 12.2. The lowest BCUT2D eigenvalue weighted by Gasteiger charge is -2.09. The summed E-state index contributed by atoms with van der Waals surface area (Å²) in [5.41, 5.74) is 3.12. The summed E-state index contributed by atoms with van der Waals surface area (Å²) in [5, 5.41) is 14.6. The summed E-state index contributed by atoms with van der Waals surface area (Å²) in [4.78, 5) is 24.0. The molecule has 1 heterocycles. The summed E-state index contributed by atoms with van der Waals surface area (Å²) in [5.74, 6) is -1.63. The van der Waals surface area contributed by atoms with Crippen molar-refractivity contribution in [3.8, 4) is 6.07 Å². The van der Waals surface area contributed by atoms with Crippen molar-refractivity contribution in [2.24, 2.45) is 0 Å². The van der Waals surface area contributed by atoms with Crippen LogP contribution in [0.15, 0.2) is 36.4 Å². The molecule has 27 heavy (non-hydrogen) atoms. The monoisotopic (exact) mass is 381 g/mol. The number of halogens is 1. The normalized spacial score (nSPS) is 10.6. The molecule has 0 aliphatic rings. The van der Waals surface area contributed by atoms with Crippen molar-refractivity contribution in [2.45, 2.75) is 20.4 Å². The second-order valence-corrected chi connectivity index (χ2v) is 6.30. The van der Waals surface area contributed by atoms with Gasteiger partial charge in [0.2, 0.25) is 0 Å². The Morgan fingerprint density at radius 3 is 2.78 bits per heavy atom. The number of ketones is 1. The molecule has 1 aromatic heterocycles. The zero-order chi connectivity index (χ0) is 19.6. The van der Waals surface area contributed by atoms with Crippen molar-refractivity contribution in [1.29, 1.82) is 5.26 Å². The molecule has 3 rings (SSSR count). The summed E-state index contributed by atoms with van der Waals surface area (Å²) < 4.78 is 6.40. The quantitative estimate of drug-likeness (QED) is 0.382. The Balaban J connectivity index is 2.07. The van der Waals surface area contributed by atoms with E-state index in [2.05, 4.69) is 11.2 Å². The lowest BCUT2D eigenvalue weighted by Crippen LogP contribution is -2.17. The molecule has 136 valence electrons. The number of Topliss-reactive ketones (excluding diaryl/α,β-unsaturated/α-hetero) is 1. The van der Waals surface area contributed by atoms with Crippen molar-refractivity contribution in [3.05, 3.63) is 63.8 Å². The van der Waals surface area contributed by atoms with Gasteiger partial charge in [-0.05, 0) is 49.2 Å². The van der Waals surface area contributed by atoms with Crippen LogP contribution in [0.1, 0.15) is 34.0 Å². The fraction of sp³-hybridized carbons (Fsp3) is 0.200. The van der Waals surface area contributed by atoms with Crippen molar-refractivity contribution >= 4 is 34.3 Å². The predicted octanol–water partition coefficient (Wildman–Crippen LogP) is 3.66. The molecular formula is C20H16ClN3O3. The number of nitrogens with zero attached hydrogens (tertiary/aromatic N) is 3. The third-order valence-electron chi connectivity index (χ3n) is 4.27. The van der Waals surface area contributed by atoms with Crippen LogP contribution in [0.5, 0.6) is 0 Å². The van der Waals surface area contributed by atoms with Gasteiger partial charge in [0.15, 0.2) is 5.15 Å². The van der Waals surface area contributed by atoms with Crippen molar-refractivity contribution in [3.63, 3.8) is 0 Å². The van der Waals surface area contributed by atoms with Crippen molar-refractivity contribution < 1.29 is 14.3 Å². The highest BCUT2D eigenvalue weighted by Gasteiger charge is 2.20. The third-order valence-corrected chi connectivity index (χ3v) is 4.55. The summed E-state index contributed by atoms with van der Waals surface area (Å²) in [6, 6.07) is 12.4. The molecule has 0 amide bonds. The molecule has 0 spiro atoms. The van der Waals surface area contributed by atoms with Crippen LogP contribution in [0.2, 0.25) is 5.15 Å². The number of benzene rings is 2. The Bertz CT molecular complexity index is 1100. The second kappa shape index (κ2) is 7.60. The number of carbonyl (C=O) groups is 2. The topological polar surface area (TPSA) is 85.0 Å². The minimum absolute atomic E-state index is 0.126. The van der Waals surface area contributed by atoms with Crippen LogP contribution in [-0.4, -0.2) is 28.1 Å². The summed E-state index contributed by atoms with van der Waals surface area (Å²) >= 11 is 6.23. The molecule has 3 aromatic rings. The standard InChI is InChI=1S/C20H16ClN3O3/c1-3-27-20(26)18(25)13-7-8-15-17(9-13)24(23-19(15)21)11-16-12(2)5-4-6-14(16)10-22/h4-9H,3,11H2,1-2H3. The first kappa shape index (κ1) is 18.6. The first-order chi connectivity index (χ1) is 13.0. The lowest BCUT2D eigenvalue weighted by molar-refractivity contribution is -0.137. The van der Waals surface area contributed by atoms with Crippen LogP contribution in [0.4, 0.5) is 0 Å². The van der Waals surface area contributed by atoms with Gasteiger partial charge in [0.05, 0.1) is 30.3 Å². The molecule has 0 unspecified atom stereocenters. The number of fused-ring (bicyclic) bond motifs is 1. The fourth-order valence-electron chi connectivity index (χ4n) is 2.88. The molecule has 0 bridgehead atoms. The first-order valence-electron chi connectivity index (χ1n) is 8.32. The van der Waals surface area contributed by atoms with E-state index in [1.807, 2.05) is 19.1 Å². The molecule has 0 atom stereocenters. The van der Waals surface area contributed by atoms with Crippen LogP contribution in [0.3, 0.4) is 0 Å². The van der Waals surface area contributed by atoms with Gasteiger partial charge in [-0.1, -0.05) is 23.7 Å². The molecule has 0 N–H and O–H groups in total. The Morgan fingerprint density at radius 1 is 1.30 bits per heavy atom. The number of rotatable bonds is 5. The van der Waals surface area contributed by atoms with Gasteiger partial charge in [0, 0.05) is 10.9 Å². The van der Waals surface area contributed by atoms with E-state index in [1.165, 1.54) is 6.07 Å². The Hall–Kier alpha value is -3.17. The minimum atomic E-state index is -0.903. The smallest absolute Gasteiger partial charge is 0.379 e. The van der Waals surface area contributed by atoms with E-state index in [9.17, 15) is 14.9 Å². The minimum Gasteiger partial charge on any atom is -0.460 e. The van der Waals surface area contributed by atoms with Crippen LogP contribution < -0.4 is 0 Å². The van der Waals surface area contributed by atoms with Crippen LogP contribution in [0, 0.1) is 18.3 Å². The molecule has 0 saturated heterocycles. The summed E-state index contributed by atoms with van der Waals surface area (Å²) in [6.45, 7) is 3.99. The maximum Gasteiger partial charge on any atom is 0.379 e. The number of esters is 1. The first-order valence-corrected chi connectivity index (χ1v) is 8.70. The van der Waals surface area contributed by atoms with E-state index in [-0.39, 0.29) is 17.3 Å². The van der Waals surface area contributed by atoms with Crippen molar-refractivity contribution in [1.82, 2.24) is 9.78 Å². The zero-order valence-corrected chi connectivity index (χ0v) is 15.6. The zero-order valence-electron chi connectivity index (χ0n) is 14.8. The second-order valence-electron chi connectivity index (χ2n) is 5.94. The molecular weight excluding hydrogens is 366 g/mol. The van der Waals surface area contributed by atoms with Gasteiger partial charge < -0.3 is 4.74 Å². The summed E-state index contributed by atoms with van der Waals surface area (Å²) in [6.07, 6.45) is 0. The molecule has 2 aromatic carbocycles. The number of hydrogen-bond donors (Lipinski definition) is 0. The van der Waals surface area contributed by atoms with E-state index in [1.54, 1.807) is 29.8 Å². The number of aryl methyl sites for hydroxylation is 1. The average Bonchev–Trinajstić information content (AvgIpc) is 2.98. The molecule has 7 heteroatoms. The number of aromatic nitrogens is 2. The molecule has 0 radical (unpaired) electrons. The maximum absolute atomic E-state index is 12.2. The average molecular weight is 382 g/mol. The van der Waals surface area contributed by atoms with E-state index >= 15 is 0 Å². The number of nitriles is 1. The number of hydrogen-bond acceptors (Lipinski definition) is 5. The van der Waals surface area contributed by atoms with Crippen LogP contribution in [-0.2, 0) is 16.1 Å². The van der Waals surface area contributed by atoms with E-state index in [0.717, 1.165) is 11.1 Å². The molecule has 6 nitrogen and oxygen atoms in total. The fourth-order valence-corrected chi connectivity index (χ4v) is 3.13. The number of ether oxygens (including phenoxy) is 1. The third kappa shape index (κ3) is 3.55. The van der Waals surface area contributed by atoms with Gasteiger partial charge in [0.1, 0.15) is 0 Å². The number of carbonyl (C=O) groups excluding carboxylic acids is 2. The van der Waals surface area contributed by atoms with E-state index < -0.39 is 11.8 Å². The summed E-state index contributed by atoms with van der Waals surface area (Å²) in [7, 11) is 0. The molecule has 0 saturated carbocycles. The van der Waals surface area contributed by atoms with Crippen LogP contribution in [0.25, 0.3) is 10.9 Å².